The largest absolute Gasteiger partial charge is 0.326 e. The van der Waals surface area contributed by atoms with E-state index in [1.165, 1.54) is 12.5 Å². The maximum Gasteiger partial charge on any atom is 0.238 e. The molecule has 3 N–H and O–H groups in total. The zero-order valence-corrected chi connectivity index (χ0v) is 13.3. The Morgan fingerprint density at radius 1 is 0.957 bits per heavy atom. The van der Waals surface area contributed by atoms with E-state index in [9.17, 15) is 9.59 Å². The lowest BCUT2D eigenvalue weighted by Crippen LogP contribution is -2.27. The first kappa shape index (κ1) is 16.7. The van der Waals surface area contributed by atoms with E-state index in [0.29, 0.717) is 17.9 Å². The molecule has 0 atom stereocenters. The van der Waals surface area contributed by atoms with Crippen molar-refractivity contribution < 1.29 is 9.59 Å². The van der Waals surface area contributed by atoms with Crippen molar-refractivity contribution in [3.8, 4) is 0 Å². The molecule has 0 heterocycles. The number of nitrogens with one attached hydrogen (secondary N) is 3. The number of carbonyl (C=O) groups excluding carboxylic acids is 2. The average Bonchev–Trinajstić information content (AvgIpc) is 2.47. The topological polar surface area (TPSA) is 70.2 Å². The predicted octanol–water partition coefficient (Wildman–Crippen LogP) is 2.68. The standard InChI is InChI=1S/C18H21N3O2/c1-13-5-3-6-15(9-13)11-19-12-18(23)21-17-8-4-7-16(10-17)20-14(2)22/h3-10,19H,11-12H2,1-2H3,(H,20,22)(H,21,23). The minimum atomic E-state index is -0.145. The van der Waals surface area contributed by atoms with Crippen molar-refractivity contribution in [1.82, 2.24) is 5.32 Å². The first-order valence-corrected chi connectivity index (χ1v) is 7.47. The fourth-order valence-corrected chi connectivity index (χ4v) is 2.23. The number of rotatable bonds is 6. The summed E-state index contributed by atoms with van der Waals surface area (Å²) in [6.07, 6.45) is 0. The fraction of sp³-hybridized carbons (Fsp3) is 0.222. The zero-order chi connectivity index (χ0) is 16.7. The number of benzene rings is 2. The highest BCUT2D eigenvalue weighted by Crippen LogP contribution is 2.14. The zero-order valence-electron chi connectivity index (χ0n) is 13.3. The molecule has 0 unspecified atom stereocenters. The molecule has 0 saturated heterocycles. The van der Waals surface area contributed by atoms with Crippen molar-refractivity contribution in [3.63, 3.8) is 0 Å². The molecule has 0 fully saturated rings. The van der Waals surface area contributed by atoms with E-state index >= 15 is 0 Å². The third-order valence-corrected chi connectivity index (χ3v) is 3.16. The summed E-state index contributed by atoms with van der Waals surface area (Å²) in [6.45, 7) is 4.35. The Kier molecular flexibility index (Phi) is 5.88. The molecular formula is C18H21N3O2. The van der Waals surface area contributed by atoms with Crippen LogP contribution in [0.2, 0.25) is 0 Å². The Morgan fingerprint density at radius 3 is 2.35 bits per heavy atom. The van der Waals surface area contributed by atoms with Gasteiger partial charge in [0.05, 0.1) is 6.54 Å². The van der Waals surface area contributed by atoms with Gasteiger partial charge in [0.15, 0.2) is 0 Å². The minimum absolute atomic E-state index is 0.127. The van der Waals surface area contributed by atoms with Crippen LogP contribution in [0.15, 0.2) is 48.5 Å². The molecule has 5 nitrogen and oxygen atoms in total. The molecule has 0 radical (unpaired) electrons. The SMILES string of the molecule is CC(=O)Nc1cccc(NC(=O)CNCc2cccc(C)c2)c1. The summed E-state index contributed by atoms with van der Waals surface area (Å²) >= 11 is 0. The molecule has 0 aliphatic rings. The predicted molar refractivity (Wildman–Crippen MR) is 92.3 cm³/mol. The van der Waals surface area contributed by atoms with E-state index in [4.69, 9.17) is 0 Å². The Balaban J connectivity index is 1.81. The molecular weight excluding hydrogens is 290 g/mol. The fourth-order valence-electron chi connectivity index (χ4n) is 2.23. The maximum atomic E-state index is 11.9. The summed E-state index contributed by atoms with van der Waals surface area (Å²) in [5, 5.41) is 8.60. The lowest BCUT2D eigenvalue weighted by atomic mass is 10.1. The third-order valence-electron chi connectivity index (χ3n) is 3.16. The van der Waals surface area contributed by atoms with Gasteiger partial charge in [0.2, 0.25) is 11.8 Å². The van der Waals surface area contributed by atoms with Crippen LogP contribution in [0.25, 0.3) is 0 Å². The minimum Gasteiger partial charge on any atom is -0.326 e. The molecule has 5 heteroatoms. The smallest absolute Gasteiger partial charge is 0.238 e. The van der Waals surface area contributed by atoms with E-state index in [-0.39, 0.29) is 18.4 Å². The monoisotopic (exact) mass is 311 g/mol. The summed E-state index contributed by atoms with van der Waals surface area (Å²) in [4.78, 5) is 23.0. The highest BCUT2D eigenvalue weighted by molar-refractivity contribution is 5.94. The van der Waals surface area contributed by atoms with Crippen LogP contribution < -0.4 is 16.0 Å². The van der Waals surface area contributed by atoms with Gasteiger partial charge in [-0.3, -0.25) is 9.59 Å². The van der Waals surface area contributed by atoms with Gasteiger partial charge in [-0.15, -0.1) is 0 Å². The van der Waals surface area contributed by atoms with Gasteiger partial charge in [-0.25, -0.2) is 0 Å². The molecule has 23 heavy (non-hydrogen) atoms. The first-order chi connectivity index (χ1) is 11.0. The van der Waals surface area contributed by atoms with Crippen molar-refractivity contribution in [2.24, 2.45) is 0 Å². The lowest BCUT2D eigenvalue weighted by Gasteiger charge is -2.09. The van der Waals surface area contributed by atoms with Gasteiger partial charge in [0.25, 0.3) is 0 Å². The van der Waals surface area contributed by atoms with E-state index in [2.05, 4.69) is 22.0 Å². The molecule has 0 aliphatic heterocycles. The van der Waals surface area contributed by atoms with Gasteiger partial charge >= 0.3 is 0 Å². The normalized spacial score (nSPS) is 10.2. The van der Waals surface area contributed by atoms with Gasteiger partial charge in [0.1, 0.15) is 0 Å². The molecule has 0 aliphatic carbocycles. The van der Waals surface area contributed by atoms with E-state index in [1.54, 1.807) is 24.3 Å². The van der Waals surface area contributed by atoms with E-state index in [0.717, 1.165) is 5.56 Å². The number of aryl methyl sites for hydroxylation is 1. The summed E-state index contributed by atoms with van der Waals surface area (Å²) in [5.41, 5.74) is 3.65. The Hall–Kier alpha value is -2.66. The quantitative estimate of drug-likeness (QED) is 0.768. The first-order valence-electron chi connectivity index (χ1n) is 7.47. The van der Waals surface area contributed by atoms with Gasteiger partial charge in [0, 0.05) is 24.8 Å². The Morgan fingerprint density at radius 2 is 1.65 bits per heavy atom. The second-order valence-corrected chi connectivity index (χ2v) is 5.40. The number of anilines is 2. The van der Waals surface area contributed by atoms with Crippen LogP contribution >= 0.6 is 0 Å². The molecule has 2 amide bonds. The van der Waals surface area contributed by atoms with E-state index < -0.39 is 0 Å². The van der Waals surface area contributed by atoms with Crippen molar-refractivity contribution in [2.45, 2.75) is 20.4 Å². The van der Waals surface area contributed by atoms with E-state index in [1.807, 2.05) is 25.1 Å². The van der Waals surface area contributed by atoms with Crippen molar-refractivity contribution in [1.29, 1.82) is 0 Å². The van der Waals surface area contributed by atoms with Crippen LogP contribution in [0, 0.1) is 6.92 Å². The Bertz CT molecular complexity index is 698. The summed E-state index contributed by atoms with van der Waals surface area (Å²) in [7, 11) is 0. The molecule has 2 aromatic carbocycles. The second kappa shape index (κ2) is 8.10. The lowest BCUT2D eigenvalue weighted by molar-refractivity contribution is -0.115. The summed E-state index contributed by atoms with van der Waals surface area (Å²) in [6, 6.07) is 15.2. The van der Waals surface area contributed by atoms with Gasteiger partial charge < -0.3 is 16.0 Å². The van der Waals surface area contributed by atoms with Crippen LogP contribution in [-0.2, 0) is 16.1 Å². The highest BCUT2D eigenvalue weighted by Gasteiger charge is 2.03. The van der Waals surface area contributed by atoms with Crippen molar-refractivity contribution >= 4 is 23.2 Å². The average molecular weight is 311 g/mol. The third kappa shape index (κ3) is 5.92. The summed E-state index contributed by atoms with van der Waals surface area (Å²) < 4.78 is 0. The van der Waals surface area contributed by atoms with Gasteiger partial charge in [-0.05, 0) is 30.7 Å². The van der Waals surface area contributed by atoms with Crippen molar-refractivity contribution in [2.75, 3.05) is 17.2 Å². The maximum absolute atomic E-state index is 11.9. The molecule has 0 saturated carbocycles. The number of amides is 2. The second-order valence-electron chi connectivity index (χ2n) is 5.40. The number of hydrogen-bond acceptors (Lipinski definition) is 3. The van der Waals surface area contributed by atoms with Crippen LogP contribution in [0.4, 0.5) is 11.4 Å². The van der Waals surface area contributed by atoms with Gasteiger partial charge in [-0.1, -0.05) is 35.9 Å². The van der Waals surface area contributed by atoms with Crippen LogP contribution in [0.3, 0.4) is 0 Å². The molecule has 0 bridgehead atoms. The number of hydrogen-bond donors (Lipinski definition) is 3. The van der Waals surface area contributed by atoms with Gasteiger partial charge in [-0.2, -0.15) is 0 Å². The number of carbonyl (C=O) groups is 2. The molecule has 0 aromatic heterocycles. The van der Waals surface area contributed by atoms with Crippen molar-refractivity contribution in [3.05, 3.63) is 59.7 Å². The molecule has 0 spiro atoms. The molecule has 120 valence electrons. The van der Waals surface area contributed by atoms with Crippen LogP contribution in [0.5, 0.6) is 0 Å². The molecule has 2 aromatic rings. The Labute approximate surface area is 136 Å². The van der Waals surface area contributed by atoms with Crippen LogP contribution in [0.1, 0.15) is 18.1 Å². The molecule has 2 rings (SSSR count). The summed E-state index contributed by atoms with van der Waals surface area (Å²) in [5.74, 6) is -0.272. The highest BCUT2D eigenvalue weighted by atomic mass is 16.2. The van der Waals surface area contributed by atoms with Crippen LogP contribution in [-0.4, -0.2) is 18.4 Å².